The first-order chi connectivity index (χ1) is 11.1. The van der Waals surface area contributed by atoms with Gasteiger partial charge in [0.15, 0.2) is 0 Å². The van der Waals surface area contributed by atoms with Gasteiger partial charge in [0.25, 0.3) is 0 Å². The average molecular weight is 349 g/mol. The zero-order chi connectivity index (χ0) is 15.3. The molecular weight excluding hydrogens is 315 g/mol. The summed E-state index contributed by atoms with van der Waals surface area (Å²) in [5.41, 5.74) is 0. The van der Waals surface area contributed by atoms with E-state index in [4.69, 9.17) is 11.8 Å². The van der Waals surface area contributed by atoms with E-state index in [9.17, 15) is 0 Å². The van der Waals surface area contributed by atoms with Gasteiger partial charge in [0, 0.05) is 15.5 Å². The van der Waals surface area contributed by atoms with Crippen molar-refractivity contribution in [3.63, 3.8) is 0 Å². The Kier molecular flexibility index (Phi) is 2.88. The van der Waals surface area contributed by atoms with Crippen molar-refractivity contribution in [2.24, 2.45) is 17.8 Å². The lowest BCUT2D eigenvalue weighted by atomic mass is 9.98. The Morgan fingerprint density at radius 2 is 0.783 bits per heavy atom. The Hall–Kier alpha value is 0.650. The van der Waals surface area contributed by atoms with E-state index >= 15 is 0 Å². The Morgan fingerprint density at radius 3 is 0.957 bits per heavy atom. The molecule has 2 heteroatoms. The summed E-state index contributed by atoms with van der Waals surface area (Å²) in [4.78, 5) is 0. The van der Waals surface area contributed by atoms with Gasteiger partial charge in [-0.15, -0.1) is 0 Å². The summed E-state index contributed by atoms with van der Waals surface area (Å²) in [6, 6.07) is -1.30. The smallest absolute Gasteiger partial charge is 0.000841 e. The van der Waals surface area contributed by atoms with E-state index in [1.54, 1.807) is 96.3 Å². The lowest BCUT2D eigenvalue weighted by molar-refractivity contribution is 0.442. The van der Waals surface area contributed by atoms with E-state index in [-0.39, 0.29) is 0 Å². The predicted molar refractivity (Wildman–Crippen MR) is 102 cm³/mol. The molecule has 6 fully saturated rings. The molecule has 6 rings (SSSR count). The largest absolute Gasteiger partial charge is 0.0958 e. The zero-order valence-corrected chi connectivity index (χ0v) is 16.4. The molecule has 0 spiro atoms. The Labute approximate surface area is 147 Å². The van der Waals surface area contributed by atoms with Gasteiger partial charge in [-0.2, -0.15) is 0 Å². The Bertz CT molecular complexity index is 488. The van der Waals surface area contributed by atoms with Crippen molar-refractivity contribution in [3.8, 4) is 0 Å². The van der Waals surface area contributed by atoms with Crippen molar-refractivity contribution in [2.45, 2.75) is 112 Å². The van der Waals surface area contributed by atoms with Crippen LogP contribution in [-0.2, 0) is 11.8 Å². The second kappa shape index (κ2) is 4.49. The fourth-order valence-electron chi connectivity index (χ4n) is 9.32. The van der Waals surface area contributed by atoms with Gasteiger partial charge in [0.1, 0.15) is 0 Å². The van der Waals surface area contributed by atoms with Gasteiger partial charge in [-0.3, -0.25) is 0 Å². The van der Waals surface area contributed by atoms with Gasteiger partial charge in [-0.25, -0.2) is 0 Å². The third kappa shape index (κ3) is 1.56. The predicted octanol–water partition coefficient (Wildman–Crippen LogP) is 6.46. The van der Waals surface area contributed by atoms with Gasteiger partial charge in [0.2, 0.25) is 0 Å². The van der Waals surface area contributed by atoms with Crippen molar-refractivity contribution in [3.05, 3.63) is 0 Å². The highest BCUT2D eigenvalue weighted by molar-refractivity contribution is 8.16. The van der Waals surface area contributed by atoms with Crippen LogP contribution in [0.5, 0.6) is 0 Å². The molecule has 0 aromatic carbocycles. The van der Waals surface area contributed by atoms with Crippen molar-refractivity contribution in [2.75, 3.05) is 0 Å². The van der Waals surface area contributed by atoms with Crippen LogP contribution in [0.3, 0.4) is 0 Å². The minimum absolute atomic E-state index is 0.700. The quantitative estimate of drug-likeness (QED) is 0.527. The number of rotatable bonds is 3. The summed E-state index contributed by atoms with van der Waals surface area (Å²) in [5.74, 6) is 3.26. The Morgan fingerprint density at radius 1 is 0.522 bits per heavy atom. The average Bonchev–Trinajstić information content (AvgIpc) is 3.43. The minimum Gasteiger partial charge on any atom is -0.0958 e. The van der Waals surface area contributed by atoms with Crippen LogP contribution >= 0.6 is 6.04 Å². The molecule has 6 saturated carbocycles. The molecule has 0 aromatic heterocycles. The summed E-state index contributed by atoms with van der Waals surface area (Å²) < 4.78 is 0. The third-order valence-electron chi connectivity index (χ3n) is 10.1. The highest BCUT2D eigenvalue weighted by atomic mass is 32.4. The van der Waals surface area contributed by atoms with Crippen LogP contribution in [0.15, 0.2) is 0 Å². The molecule has 6 aliphatic carbocycles. The van der Waals surface area contributed by atoms with Crippen LogP contribution < -0.4 is 0 Å². The molecule has 0 unspecified atom stereocenters. The van der Waals surface area contributed by atoms with Crippen LogP contribution in [0.4, 0.5) is 0 Å². The molecule has 6 bridgehead atoms. The maximum atomic E-state index is 7.21. The van der Waals surface area contributed by atoms with E-state index in [1.165, 1.54) is 0 Å². The molecule has 128 valence electrons. The molecule has 0 aromatic rings. The van der Waals surface area contributed by atoms with Crippen LogP contribution in [0, 0.1) is 17.8 Å². The van der Waals surface area contributed by atoms with E-state index in [1.807, 2.05) is 0 Å². The lowest BCUT2D eigenvalue weighted by Crippen LogP contribution is -2.46. The summed E-state index contributed by atoms with van der Waals surface area (Å²) in [5, 5.41) is 2.10. The zero-order valence-electron chi connectivity index (χ0n) is 14.7. The van der Waals surface area contributed by atoms with Crippen LogP contribution in [0.1, 0.15) is 96.3 Å². The van der Waals surface area contributed by atoms with Crippen LogP contribution in [0.25, 0.3) is 0 Å². The topological polar surface area (TPSA) is 0 Å². The number of hydrogen-bond acceptors (Lipinski definition) is 1. The first-order valence-corrected chi connectivity index (χ1v) is 13.5. The maximum absolute atomic E-state index is 7.21. The number of fused-ring (bicyclic) bond motifs is 6. The lowest BCUT2D eigenvalue weighted by Gasteiger charge is -2.59. The second-order valence-electron chi connectivity index (χ2n) is 10.7. The summed E-state index contributed by atoms with van der Waals surface area (Å²) in [7, 11) is 0. The minimum atomic E-state index is -1.30. The van der Waals surface area contributed by atoms with E-state index in [0.29, 0.717) is 15.5 Å². The van der Waals surface area contributed by atoms with Crippen molar-refractivity contribution >= 4 is 17.8 Å². The standard InChI is InChI=1S/C21H33PS/c23-22(19-7-1-16(13-19)2-8-19,20-9-3-17(14-20)4-10-20)21-11-5-18(15-21)6-12-21/h16-18H,1-15H2. The highest BCUT2D eigenvalue weighted by Gasteiger charge is 2.71. The van der Waals surface area contributed by atoms with Gasteiger partial charge < -0.3 is 0 Å². The van der Waals surface area contributed by atoms with Crippen molar-refractivity contribution < 1.29 is 0 Å². The fourth-order valence-corrected chi connectivity index (χ4v) is 18.9. The molecule has 0 saturated heterocycles. The van der Waals surface area contributed by atoms with Crippen molar-refractivity contribution in [1.82, 2.24) is 0 Å². The molecular formula is C21H33PS. The van der Waals surface area contributed by atoms with E-state index < -0.39 is 6.04 Å². The fraction of sp³-hybridized carbons (Fsp3) is 1.00. The second-order valence-corrected chi connectivity index (χ2v) is 16.4. The first-order valence-electron chi connectivity index (χ1n) is 10.7. The summed E-state index contributed by atoms with van der Waals surface area (Å²) in [6.07, 6.45) is 23.5. The van der Waals surface area contributed by atoms with Crippen molar-refractivity contribution in [1.29, 1.82) is 0 Å². The van der Waals surface area contributed by atoms with E-state index in [0.717, 1.165) is 17.8 Å². The van der Waals surface area contributed by atoms with Gasteiger partial charge in [0.05, 0.1) is 0 Å². The number of hydrogen-bond donors (Lipinski definition) is 0. The molecule has 0 heterocycles. The first kappa shape index (κ1) is 14.8. The summed E-state index contributed by atoms with van der Waals surface area (Å²) in [6.45, 7) is 0. The van der Waals surface area contributed by atoms with Crippen LogP contribution in [0.2, 0.25) is 0 Å². The van der Waals surface area contributed by atoms with Crippen LogP contribution in [-0.4, -0.2) is 15.5 Å². The normalized spacial score (nSPS) is 59.0. The molecule has 23 heavy (non-hydrogen) atoms. The van der Waals surface area contributed by atoms with Gasteiger partial charge >= 0.3 is 0 Å². The molecule has 0 radical (unpaired) electrons. The Balaban J connectivity index is 1.55. The molecule has 0 N–H and O–H groups in total. The summed E-state index contributed by atoms with van der Waals surface area (Å²) >= 11 is 7.21. The molecule has 0 atom stereocenters. The highest BCUT2D eigenvalue weighted by Crippen LogP contribution is 2.90. The van der Waals surface area contributed by atoms with E-state index in [2.05, 4.69) is 0 Å². The molecule has 6 aliphatic rings. The third-order valence-corrected chi connectivity index (χ3v) is 19.5. The van der Waals surface area contributed by atoms with Gasteiger partial charge in [-0.05, 0) is 120 Å². The monoisotopic (exact) mass is 348 g/mol. The molecule has 0 nitrogen and oxygen atoms in total. The maximum Gasteiger partial charge on any atom is 0.000841 e. The molecule has 0 aliphatic heterocycles. The SMILES string of the molecule is S=P(C12CCC(CC1)C2)(C12CCC(CC1)C2)C12CCC(CC1)C2. The van der Waals surface area contributed by atoms with Gasteiger partial charge in [-0.1, -0.05) is 11.8 Å². The molecule has 0 amide bonds.